The number of hydrogen-bond acceptors (Lipinski definition) is 2. The van der Waals surface area contributed by atoms with Crippen molar-refractivity contribution >= 4 is 12.2 Å². The van der Waals surface area contributed by atoms with Crippen LogP contribution in [-0.2, 0) is 4.79 Å². The van der Waals surface area contributed by atoms with E-state index in [4.69, 9.17) is 0 Å². The largest absolute Gasteiger partial charge is 0.356 e. The lowest BCUT2D eigenvalue weighted by molar-refractivity contribution is -0.116. The Morgan fingerprint density at radius 2 is 1.72 bits per heavy atom. The van der Waals surface area contributed by atoms with Crippen molar-refractivity contribution in [3.63, 3.8) is 0 Å². The zero-order valence-electron chi connectivity index (χ0n) is 11.4. The van der Waals surface area contributed by atoms with Crippen molar-refractivity contribution in [3.8, 4) is 0 Å². The van der Waals surface area contributed by atoms with Gasteiger partial charge in [0.25, 0.3) is 0 Å². The Bertz CT molecular complexity index is 389. The van der Waals surface area contributed by atoms with Gasteiger partial charge in [-0.05, 0) is 11.5 Å². The van der Waals surface area contributed by atoms with E-state index >= 15 is 0 Å². The summed E-state index contributed by atoms with van der Waals surface area (Å²) in [6.45, 7) is 6.14. The maximum atomic E-state index is 10.7. The van der Waals surface area contributed by atoms with Crippen molar-refractivity contribution in [1.82, 2.24) is 5.32 Å². The van der Waals surface area contributed by atoms with E-state index in [0.717, 1.165) is 11.8 Å². The topological polar surface area (TPSA) is 46.2 Å². The summed E-state index contributed by atoms with van der Waals surface area (Å²) in [6, 6.07) is 9.10. The summed E-state index contributed by atoms with van der Waals surface area (Å²) in [5.41, 5.74) is 0.819. The van der Waals surface area contributed by atoms with Gasteiger partial charge >= 0.3 is 0 Å². The minimum atomic E-state index is -0.0464. The van der Waals surface area contributed by atoms with Gasteiger partial charge in [0.2, 0.25) is 5.91 Å². The SMILES string of the molecule is CNC(=O)/C=C/C(C)(C)C.O=Cc1ccccc1. The number of likely N-dealkylation sites (N-methyl/N-ethyl adjacent to an activating group) is 1. The molecule has 1 aromatic rings. The highest BCUT2D eigenvalue weighted by atomic mass is 16.1. The molecule has 98 valence electrons. The smallest absolute Gasteiger partial charge is 0.243 e. The van der Waals surface area contributed by atoms with Gasteiger partial charge in [-0.2, -0.15) is 0 Å². The first-order chi connectivity index (χ1) is 8.39. The van der Waals surface area contributed by atoms with Crippen molar-refractivity contribution in [2.75, 3.05) is 7.05 Å². The van der Waals surface area contributed by atoms with Gasteiger partial charge in [0.15, 0.2) is 0 Å². The molecule has 1 aromatic carbocycles. The molecule has 0 saturated carbocycles. The van der Waals surface area contributed by atoms with Gasteiger partial charge < -0.3 is 5.32 Å². The molecule has 18 heavy (non-hydrogen) atoms. The molecule has 0 radical (unpaired) electrons. The van der Waals surface area contributed by atoms with Gasteiger partial charge in [0.1, 0.15) is 6.29 Å². The van der Waals surface area contributed by atoms with E-state index in [1.807, 2.05) is 45.0 Å². The lowest BCUT2D eigenvalue weighted by Gasteiger charge is -2.10. The number of aldehydes is 1. The molecule has 0 aromatic heterocycles. The Hall–Kier alpha value is -1.90. The molecule has 0 spiro atoms. The van der Waals surface area contributed by atoms with Crippen molar-refractivity contribution in [3.05, 3.63) is 48.0 Å². The predicted molar refractivity (Wildman–Crippen MR) is 74.5 cm³/mol. The van der Waals surface area contributed by atoms with Crippen LogP contribution in [0, 0.1) is 5.41 Å². The van der Waals surface area contributed by atoms with Crippen LogP contribution < -0.4 is 5.32 Å². The number of allylic oxidation sites excluding steroid dienone is 1. The van der Waals surface area contributed by atoms with Crippen LogP contribution in [0.4, 0.5) is 0 Å². The molecule has 0 saturated heterocycles. The van der Waals surface area contributed by atoms with Crippen molar-refractivity contribution in [2.45, 2.75) is 20.8 Å². The maximum Gasteiger partial charge on any atom is 0.243 e. The Kier molecular flexibility index (Phi) is 7.36. The molecule has 0 aliphatic heterocycles. The van der Waals surface area contributed by atoms with E-state index in [0.29, 0.717) is 0 Å². The minimum absolute atomic E-state index is 0.0464. The van der Waals surface area contributed by atoms with E-state index in [2.05, 4.69) is 5.32 Å². The monoisotopic (exact) mass is 247 g/mol. The molecular weight excluding hydrogens is 226 g/mol. The molecule has 0 unspecified atom stereocenters. The highest BCUT2D eigenvalue weighted by molar-refractivity contribution is 5.87. The molecule has 3 nitrogen and oxygen atoms in total. The lowest BCUT2D eigenvalue weighted by Crippen LogP contribution is -2.15. The summed E-state index contributed by atoms with van der Waals surface area (Å²) in [5, 5.41) is 2.51. The summed E-state index contributed by atoms with van der Waals surface area (Å²) >= 11 is 0. The summed E-state index contributed by atoms with van der Waals surface area (Å²) < 4.78 is 0. The molecule has 0 heterocycles. The fourth-order valence-corrected chi connectivity index (χ4v) is 0.941. The standard InChI is InChI=1S/C8H15NO.C7H6O/c1-8(2,3)6-5-7(10)9-4;8-6-7-4-2-1-3-5-7/h5-6H,1-4H3,(H,9,10);1-6H/b6-5+;. The third-order valence-electron chi connectivity index (χ3n) is 1.92. The van der Waals surface area contributed by atoms with Gasteiger partial charge in [0, 0.05) is 12.6 Å². The maximum absolute atomic E-state index is 10.7. The van der Waals surface area contributed by atoms with Crippen LogP contribution in [0.3, 0.4) is 0 Å². The first-order valence-corrected chi connectivity index (χ1v) is 5.80. The molecule has 1 rings (SSSR count). The number of benzene rings is 1. The Balaban J connectivity index is 0.000000327. The zero-order valence-corrected chi connectivity index (χ0v) is 11.4. The molecule has 1 N–H and O–H groups in total. The van der Waals surface area contributed by atoms with Crippen molar-refractivity contribution < 1.29 is 9.59 Å². The van der Waals surface area contributed by atoms with Crippen molar-refractivity contribution in [2.24, 2.45) is 5.41 Å². The van der Waals surface area contributed by atoms with Crippen LogP contribution in [0.5, 0.6) is 0 Å². The number of amides is 1. The summed E-state index contributed by atoms with van der Waals surface area (Å²) in [6.07, 6.45) is 4.27. The molecule has 3 heteroatoms. The first-order valence-electron chi connectivity index (χ1n) is 5.80. The summed E-state index contributed by atoms with van der Waals surface area (Å²) in [4.78, 5) is 20.7. The van der Waals surface area contributed by atoms with Crippen LogP contribution in [0.2, 0.25) is 0 Å². The average molecular weight is 247 g/mol. The second-order valence-corrected chi connectivity index (χ2v) is 4.84. The second-order valence-electron chi connectivity index (χ2n) is 4.84. The molecule has 0 atom stereocenters. The van der Waals surface area contributed by atoms with E-state index < -0.39 is 0 Å². The van der Waals surface area contributed by atoms with Crippen LogP contribution in [0.15, 0.2) is 42.5 Å². The third-order valence-corrected chi connectivity index (χ3v) is 1.92. The van der Waals surface area contributed by atoms with E-state index in [9.17, 15) is 9.59 Å². The fraction of sp³-hybridized carbons (Fsp3) is 0.333. The van der Waals surface area contributed by atoms with E-state index in [1.54, 1.807) is 25.3 Å². The van der Waals surface area contributed by atoms with Gasteiger partial charge in [-0.3, -0.25) is 9.59 Å². The Morgan fingerprint density at radius 3 is 2.06 bits per heavy atom. The summed E-state index contributed by atoms with van der Waals surface area (Å²) in [5.74, 6) is -0.0464. The van der Waals surface area contributed by atoms with Gasteiger partial charge in [-0.15, -0.1) is 0 Å². The van der Waals surface area contributed by atoms with E-state index in [1.165, 1.54) is 0 Å². The molecule has 0 bridgehead atoms. The lowest BCUT2D eigenvalue weighted by atomic mass is 9.96. The molecular formula is C15H21NO2. The average Bonchev–Trinajstić information content (AvgIpc) is 2.36. The van der Waals surface area contributed by atoms with E-state index in [-0.39, 0.29) is 11.3 Å². The predicted octanol–water partition coefficient (Wildman–Crippen LogP) is 2.83. The van der Waals surface area contributed by atoms with Crippen LogP contribution in [0.1, 0.15) is 31.1 Å². The highest BCUT2D eigenvalue weighted by Gasteiger charge is 2.03. The Labute approximate surface area is 109 Å². The fourth-order valence-electron chi connectivity index (χ4n) is 0.941. The number of nitrogens with one attached hydrogen (secondary N) is 1. The summed E-state index contributed by atoms with van der Waals surface area (Å²) in [7, 11) is 1.62. The number of hydrogen-bond donors (Lipinski definition) is 1. The van der Waals surface area contributed by atoms with Gasteiger partial charge in [-0.25, -0.2) is 0 Å². The molecule has 1 amide bonds. The normalized spacial score (nSPS) is 10.4. The van der Waals surface area contributed by atoms with Crippen LogP contribution in [0.25, 0.3) is 0 Å². The second kappa shape index (κ2) is 8.23. The number of rotatable bonds is 2. The molecule has 0 aliphatic rings. The highest BCUT2D eigenvalue weighted by Crippen LogP contribution is 2.13. The Morgan fingerprint density at radius 1 is 1.17 bits per heavy atom. The minimum Gasteiger partial charge on any atom is -0.356 e. The number of carbonyl (C=O) groups excluding carboxylic acids is 2. The molecule has 0 fully saturated rings. The first kappa shape index (κ1) is 16.1. The van der Waals surface area contributed by atoms with Gasteiger partial charge in [-0.1, -0.05) is 57.2 Å². The van der Waals surface area contributed by atoms with Crippen LogP contribution in [-0.4, -0.2) is 19.2 Å². The van der Waals surface area contributed by atoms with Crippen molar-refractivity contribution in [1.29, 1.82) is 0 Å². The van der Waals surface area contributed by atoms with Crippen LogP contribution >= 0.6 is 0 Å². The molecule has 0 aliphatic carbocycles. The third kappa shape index (κ3) is 9.33. The number of carbonyl (C=O) groups is 2. The van der Waals surface area contributed by atoms with Gasteiger partial charge in [0.05, 0.1) is 0 Å². The zero-order chi connectivity index (χ0) is 14.0. The quantitative estimate of drug-likeness (QED) is 0.645.